The Morgan fingerprint density at radius 2 is 1.74 bits per heavy atom. The number of benzene rings is 2. The molecule has 34 heavy (non-hydrogen) atoms. The molecule has 0 saturated heterocycles. The maximum absolute atomic E-state index is 13.2. The highest BCUT2D eigenvalue weighted by molar-refractivity contribution is 7.89. The molecule has 4 rings (SSSR count). The molecule has 0 spiro atoms. The Morgan fingerprint density at radius 1 is 1.12 bits per heavy atom. The number of carbonyl (C=O) groups is 3. The monoisotopic (exact) mass is 500 g/mol. The van der Waals surface area contributed by atoms with Gasteiger partial charge in [-0.1, -0.05) is 44.2 Å². The van der Waals surface area contributed by atoms with Gasteiger partial charge in [-0.3, -0.25) is 19.3 Å². The van der Waals surface area contributed by atoms with E-state index in [1.54, 1.807) is 51.1 Å². The molecule has 9 nitrogen and oxygen atoms in total. The zero-order valence-electron chi connectivity index (χ0n) is 19.1. The molecule has 3 amide bonds. The minimum atomic E-state index is -3.63. The number of sulfonamides is 1. The third kappa shape index (κ3) is 3.99. The van der Waals surface area contributed by atoms with Gasteiger partial charge >= 0.3 is 0 Å². The molecule has 1 aliphatic rings. The second-order valence-corrected chi connectivity index (χ2v) is 11.3. The van der Waals surface area contributed by atoms with Crippen molar-refractivity contribution in [2.45, 2.75) is 31.7 Å². The Morgan fingerprint density at radius 3 is 2.29 bits per heavy atom. The van der Waals surface area contributed by atoms with Crippen molar-refractivity contribution in [2.75, 3.05) is 18.9 Å². The summed E-state index contributed by atoms with van der Waals surface area (Å²) in [6.45, 7) is 5.59. The zero-order chi connectivity index (χ0) is 24.8. The number of hydrogen-bond acceptors (Lipinski definition) is 7. The highest BCUT2D eigenvalue weighted by Gasteiger charge is 2.44. The van der Waals surface area contributed by atoms with E-state index >= 15 is 0 Å². The Bertz CT molecular complexity index is 1380. The van der Waals surface area contributed by atoms with Gasteiger partial charge in [-0.2, -0.15) is 0 Å². The van der Waals surface area contributed by atoms with Crippen LogP contribution in [0.5, 0.6) is 0 Å². The number of amides is 3. The van der Waals surface area contributed by atoms with E-state index in [4.69, 9.17) is 0 Å². The smallest absolute Gasteiger partial charge is 0.262 e. The Labute approximate surface area is 201 Å². The normalized spacial score (nSPS) is 14.8. The van der Waals surface area contributed by atoms with Gasteiger partial charge in [0, 0.05) is 13.6 Å². The van der Waals surface area contributed by atoms with Gasteiger partial charge in [0.15, 0.2) is 5.13 Å². The third-order valence-corrected chi connectivity index (χ3v) is 8.61. The molecule has 1 N–H and O–H groups in total. The largest absolute Gasteiger partial charge is 0.300 e. The predicted molar refractivity (Wildman–Crippen MR) is 129 cm³/mol. The number of hydrogen-bond donors (Lipinski definition) is 1. The van der Waals surface area contributed by atoms with Gasteiger partial charge in [0.2, 0.25) is 15.9 Å². The number of nitrogens with zero attached hydrogens (tertiary/aromatic N) is 3. The van der Waals surface area contributed by atoms with E-state index in [1.807, 2.05) is 0 Å². The average molecular weight is 501 g/mol. The molecule has 0 fully saturated rings. The number of carbonyl (C=O) groups excluding carboxylic acids is 3. The molecule has 3 aromatic rings. The van der Waals surface area contributed by atoms with E-state index in [1.165, 1.54) is 23.5 Å². The van der Waals surface area contributed by atoms with Crippen molar-refractivity contribution in [3.8, 4) is 0 Å². The zero-order valence-corrected chi connectivity index (χ0v) is 20.7. The van der Waals surface area contributed by atoms with Crippen molar-refractivity contribution in [3.05, 3.63) is 53.6 Å². The number of fused-ring (bicyclic) bond motifs is 2. The van der Waals surface area contributed by atoms with Crippen LogP contribution in [0.25, 0.3) is 10.2 Å². The van der Waals surface area contributed by atoms with Crippen molar-refractivity contribution >= 4 is 54.4 Å². The average Bonchev–Trinajstić information content (AvgIpc) is 3.31. The fourth-order valence-corrected chi connectivity index (χ4v) is 6.02. The van der Waals surface area contributed by atoms with E-state index in [9.17, 15) is 22.8 Å². The number of anilines is 1. The molecule has 0 radical (unpaired) electrons. The van der Waals surface area contributed by atoms with Gasteiger partial charge in [0.25, 0.3) is 11.8 Å². The topological polar surface area (TPSA) is 117 Å². The first-order chi connectivity index (χ1) is 16.1. The Kier molecular flexibility index (Phi) is 6.28. The van der Waals surface area contributed by atoms with Crippen molar-refractivity contribution in [3.63, 3.8) is 0 Å². The van der Waals surface area contributed by atoms with Crippen LogP contribution in [-0.2, 0) is 14.8 Å². The summed E-state index contributed by atoms with van der Waals surface area (Å²) >= 11 is 1.12. The standard InChI is InChI=1S/C23H24N4O5S2/c1-5-26(4)34(31,32)14-10-11-17-18(12-14)33-23(24-17)25-20(28)19(13(2)3)27-21(29)15-8-6-7-9-16(15)22(27)30/h6-13,19H,5H2,1-4H3,(H,24,25,28). The first-order valence-corrected chi connectivity index (χ1v) is 13.0. The van der Waals surface area contributed by atoms with E-state index in [2.05, 4.69) is 10.3 Å². The molecule has 1 atom stereocenters. The lowest BCUT2D eigenvalue weighted by atomic mass is 10.0. The molecule has 1 unspecified atom stereocenters. The fraction of sp³-hybridized carbons (Fsp3) is 0.304. The van der Waals surface area contributed by atoms with Gasteiger partial charge in [-0.05, 0) is 36.2 Å². The SMILES string of the molecule is CCN(C)S(=O)(=O)c1ccc2nc(NC(=O)C(C(C)C)N3C(=O)c4ccccc4C3=O)sc2c1. The molecule has 1 aromatic heterocycles. The molecule has 178 valence electrons. The van der Waals surface area contributed by atoms with Crippen molar-refractivity contribution < 1.29 is 22.8 Å². The molecule has 0 aliphatic carbocycles. The molecular weight excluding hydrogens is 476 g/mol. The molecule has 1 aliphatic heterocycles. The van der Waals surface area contributed by atoms with Gasteiger partial charge in [0.1, 0.15) is 6.04 Å². The third-order valence-electron chi connectivity index (χ3n) is 5.75. The summed E-state index contributed by atoms with van der Waals surface area (Å²) in [4.78, 5) is 44.6. The molecule has 2 aromatic carbocycles. The quantitative estimate of drug-likeness (QED) is 0.498. The summed E-state index contributed by atoms with van der Waals surface area (Å²) in [6.07, 6.45) is 0. The second kappa shape index (κ2) is 8.90. The van der Waals surface area contributed by atoms with Gasteiger partial charge in [0.05, 0.1) is 26.2 Å². The summed E-state index contributed by atoms with van der Waals surface area (Å²) in [6, 6.07) is 10.0. The van der Waals surface area contributed by atoms with Crippen LogP contribution in [-0.4, -0.2) is 60.0 Å². The van der Waals surface area contributed by atoms with E-state index in [-0.39, 0.29) is 27.1 Å². The summed E-state index contributed by atoms with van der Waals surface area (Å²) in [7, 11) is -2.12. The maximum Gasteiger partial charge on any atom is 0.262 e. The molecule has 2 heterocycles. The maximum atomic E-state index is 13.2. The number of nitrogens with one attached hydrogen (secondary N) is 1. The van der Waals surface area contributed by atoms with Gasteiger partial charge < -0.3 is 5.32 Å². The summed E-state index contributed by atoms with van der Waals surface area (Å²) in [5.41, 5.74) is 1.08. The molecule has 0 saturated carbocycles. The lowest BCUT2D eigenvalue weighted by Gasteiger charge is -2.27. The highest BCUT2D eigenvalue weighted by atomic mass is 32.2. The fourth-order valence-electron chi connectivity index (χ4n) is 3.83. The van der Waals surface area contributed by atoms with E-state index in [0.29, 0.717) is 16.8 Å². The number of aromatic nitrogens is 1. The first kappa shape index (κ1) is 24.0. The van der Waals surface area contributed by atoms with Gasteiger partial charge in [-0.25, -0.2) is 17.7 Å². The van der Waals surface area contributed by atoms with E-state index in [0.717, 1.165) is 16.2 Å². The number of imide groups is 1. The highest BCUT2D eigenvalue weighted by Crippen LogP contribution is 2.31. The van der Waals surface area contributed by atoms with Crippen LogP contribution in [0.3, 0.4) is 0 Å². The molecule has 0 bridgehead atoms. The number of thiazole rings is 1. The Hall–Kier alpha value is -3.15. The van der Waals surface area contributed by atoms with Crippen LogP contribution in [0.1, 0.15) is 41.5 Å². The van der Waals surface area contributed by atoms with Gasteiger partial charge in [-0.15, -0.1) is 0 Å². The summed E-state index contributed by atoms with van der Waals surface area (Å²) in [5.74, 6) is -1.90. The summed E-state index contributed by atoms with van der Waals surface area (Å²) < 4.78 is 27.1. The lowest BCUT2D eigenvalue weighted by Crippen LogP contribution is -2.50. The van der Waals surface area contributed by atoms with Crippen molar-refractivity contribution in [2.24, 2.45) is 5.92 Å². The molecular formula is C23H24N4O5S2. The van der Waals surface area contributed by atoms with Crippen LogP contribution in [0.4, 0.5) is 5.13 Å². The van der Waals surface area contributed by atoms with E-state index < -0.39 is 33.8 Å². The van der Waals surface area contributed by atoms with Crippen LogP contribution >= 0.6 is 11.3 Å². The Balaban J connectivity index is 1.61. The minimum Gasteiger partial charge on any atom is -0.300 e. The predicted octanol–water partition coefficient (Wildman–Crippen LogP) is 3.20. The van der Waals surface area contributed by atoms with Crippen LogP contribution in [0.15, 0.2) is 47.4 Å². The number of rotatable bonds is 7. The second-order valence-electron chi connectivity index (χ2n) is 8.27. The summed E-state index contributed by atoms with van der Waals surface area (Å²) in [5, 5.41) is 2.96. The first-order valence-electron chi connectivity index (χ1n) is 10.7. The van der Waals surface area contributed by atoms with Crippen LogP contribution in [0.2, 0.25) is 0 Å². The minimum absolute atomic E-state index is 0.136. The lowest BCUT2D eigenvalue weighted by molar-refractivity contribution is -0.121. The van der Waals surface area contributed by atoms with Crippen molar-refractivity contribution in [1.29, 1.82) is 0 Å². The van der Waals surface area contributed by atoms with Crippen LogP contribution < -0.4 is 5.32 Å². The van der Waals surface area contributed by atoms with Crippen molar-refractivity contribution in [1.82, 2.24) is 14.2 Å². The molecule has 11 heteroatoms. The van der Waals surface area contributed by atoms with Crippen LogP contribution in [0, 0.1) is 5.92 Å².